The fourth-order valence-corrected chi connectivity index (χ4v) is 1.71. The second-order valence-corrected chi connectivity index (χ2v) is 3.68. The molecule has 3 N–H and O–H groups in total. The summed E-state index contributed by atoms with van der Waals surface area (Å²) in [6, 6.07) is 4.44. The minimum atomic E-state index is -0.745. The van der Waals surface area contributed by atoms with E-state index in [0.717, 1.165) is 18.8 Å². The van der Waals surface area contributed by atoms with Crippen molar-refractivity contribution in [2.75, 3.05) is 24.7 Å². The molecule has 98 valence electrons. The summed E-state index contributed by atoms with van der Waals surface area (Å²) in [7, 11) is 0. The topological polar surface area (TPSA) is 49.5 Å². The normalized spacial score (nSPS) is 11.8. The van der Waals surface area contributed by atoms with Gasteiger partial charge in [-0.25, -0.2) is 4.39 Å². The summed E-state index contributed by atoms with van der Waals surface area (Å²) in [6.45, 7) is 5.15. The third-order valence-corrected chi connectivity index (χ3v) is 2.71. The largest absolute Gasteiger partial charge is 0.508 e. The van der Waals surface area contributed by atoms with Crippen LogP contribution in [0.2, 0.25) is 0 Å². The highest BCUT2D eigenvalue weighted by atomic mass is 35.5. The smallest absolute Gasteiger partial charge is 0.122 e. The zero-order valence-corrected chi connectivity index (χ0v) is 11.0. The molecule has 3 nitrogen and oxygen atoms in total. The van der Waals surface area contributed by atoms with Gasteiger partial charge in [0.1, 0.15) is 12.4 Å². The summed E-state index contributed by atoms with van der Waals surface area (Å²) in [5.74, 6) is 0.0644. The van der Waals surface area contributed by atoms with Crippen LogP contribution in [0, 0.1) is 0 Å². The number of benzene rings is 1. The van der Waals surface area contributed by atoms with E-state index in [1.165, 1.54) is 0 Å². The van der Waals surface area contributed by atoms with Gasteiger partial charge in [0, 0.05) is 30.4 Å². The lowest BCUT2D eigenvalue weighted by atomic mass is 10.1. The Balaban J connectivity index is 0.00000256. The molecule has 0 fully saturated rings. The molecule has 0 saturated heterocycles. The minimum absolute atomic E-state index is 0. The SMILES string of the molecule is CCN(CC)c1ccc([C@H](N)CF)c(O)c1.Cl. The number of halogens is 2. The number of aromatic hydroxyl groups is 1. The quantitative estimate of drug-likeness (QED) is 0.858. The first-order valence-electron chi connectivity index (χ1n) is 5.53. The number of anilines is 1. The van der Waals surface area contributed by atoms with Crippen LogP contribution >= 0.6 is 12.4 Å². The van der Waals surface area contributed by atoms with Gasteiger partial charge in [-0.15, -0.1) is 12.4 Å². The molecule has 0 amide bonds. The van der Waals surface area contributed by atoms with Crippen molar-refractivity contribution >= 4 is 18.1 Å². The zero-order valence-electron chi connectivity index (χ0n) is 10.2. The average Bonchev–Trinajstić information content (AvgIpc) is 2.30. The van der Waals surface area contributed by atoms with Crippen LogP contribution in [0.3, 0.4) is 0 Å². The molecule has 0 spiro atoms. The van der Waals surface area contributed by atoms with Gasteiger partial charge < -0.3 is 15.7 Å². The number of phenolic OH excluding ortho intramolecular Hbond substituents is 1. The van der Waals surface area contributed by atoms with Gasteiger partial charge in [0.25, 0.3) is 0 Å². The van der Waals surface area contributed by atoms with E-state index in [2.05, 4.69) is 4.90 Å². The second-order valence-electron chi connectivity index (χ2n) is 3.68. The molecule has 1 atom stereocenters. The number of hydrogen-bond acceptors (Lipinski definition) is 3. The van der Waals surface area contributed by atoms with E-state index in [9.17, 15) is 9.50 Å². The van der Waals surface area contributed by atoms with Crippen LogP contribution in [-0.4, -0.2) is 24.9 Å². The predicted octanol–water partition coefficient (Wildman–Crippen LogP) is 2.63. The van der Waals surface area contributed by atoms with Crippen molar-refractivity contribution in [3.8, 4) is 5.75 Å². The van der Waals surface area contributed by atoms with Gasteiger partial charge in [-0.2, -0.15) is 0 Å². The molecule has 5 heteroatoms. The molecule has 1 aromatic rings. The molecule has 1 aromatic carbocycles. The molecule has 1 rings (SSSR count). The van der Waals surface area contributed by atoms with Crippen LogP contribution in [0.4, 0.5) is 10.1 Å². The Kier molecular flexibility index (Phi) is 6.92. The average molecular weight is 263 g/mol. The molecule has 0 heterocycles. The molecule has 0 bridgehead atoms. The van der Waals surface area contributed by atoms with E-state index in [-0.39, 0.29) is 18.2 Å². The Morgan fingerprint density at radius 3 is 2.35 bits per heavy atom. The van der Waals surface area contributed by atoms with Crippen LogP contribution in [0.25, 0.3) is 0 Å². The van der Waals surface area contributed by atoms with E-state index in [1.54, 1.807) is 12.1 Å². The standard InChI is InChI=1S/C12H19FN2O.ClH/c1-3-15(4-2)9-5-6-10(11(14)8-13)12(16)7-9;/h5-7,11,16H,3-4,8,14H2,1-2H3;1H/t11-;/m1./s1. The lowest BCUT2D eigenvalue weighted by Crippen LogP contribution is -2.22. The molecule has 0 unspecified atom stereocenters. The van der Waals surface area contributed by atoms with Crippen LogP contribution in [0.1, 0.15) is 25.5 Å². The predicted molar refractivity (Wildman–Crippen MR) is 71.8 cm³/mol. The molecule has 0 radical (unpaired) electrons. The first kappa shape index (κ1) is 16.0. The summed E-state index contributed by atoms with van der Waals surface area (Å²) in [4.78, 5) is 2.10. The summed E-state index contributed by atoms with van der Waals surface area (Å²) in [5.41, 5.74) is 6.92. The lowest BCUT2D eigenvalue weighted by Gasteiger charge is -2.22. The minimum Gasteiger partial charge on any atom is -0.508 e. The van der Waals surface area contributed by atoms with Crippen molar-refractivity contribution in [3.63, 3.8) is 0 Å². The number of alkyl halides is 1. The zero-order chi connectivity index (χ0) is 12.1. The molecule has 0 saturated carbocycles. The van der Waals surface area contributed by atoms with Gasteiger partial charge in [-0.05, 0) is 19.9 Å². The maximum Gasteiger partial charge on any atom is 0.122 e. The van der Waals surface area contributed by atoms with Gasteiger partial charge in [-0.1, -0.05) is 6.07 Å². The van der Waals surface area contributed by atoms with E-state index in [0.29, 0.717) is 5.56 Å². The van der Waals surface area contributed by atoms with Crippen molar-refractivity contribution in [3.05, 3.63) is 23.8 Å². The molecule has 0 aliphatic rings. The maximum absolute atomic E-state index is 12.4. The monoisotopic (exact) mass is 262 g/mol. The fraction of sp³-hybridized carbons (Fsp3) is 0.500. The summed E-state index contributed by atoms with van der Waals surface area (Å²) >= 11 is 0. The van der Waals surface area contributed by atoms with Crippen LogP contribution in [0.5, 0.6) is 5.75 Å². The maximum atomic E-state index is 12.4. The Bertz CT molecular complexity index is 345. The first-order chi connectivity index (χ1) is 7.63. The van der Waals surface area contributed by atoms with Crippen LogP contribution in [-0.2, 0) is 0 Å². The van der Waals surface area contributed by atoms with Gasteiger partial charge in [0.05, 0.1) is 6.04 Å². The van der Waals surface area contributed by atoms with Gasteiger partial charge in [-0.3, -0.25) is 0 Å². The van der Waals surface area contributed by atoms with Crippen LogP contribution < -0.4 is 10.6 Å². The Morgan fingerprint density at radius 1 is 1.35 bits per heavy atom. The molecular formula is C12H20ClFN2O. The van der Waals surface area contributed by atoms with Crippen molar-refractivity contribution < 1.29 is 9.50 Å². The molecule has 17 heavy (non-hydrogen) atoms. The van der Waals surface area contributed by atoms with E-state index < -0.39 is 12.7 Å². The number of hydrogen-bond donors (Lipinski definition) is 2. The van der Waals surface area contributed by atoms with Crippen molar-refractivity contribution in [1.29, 1.82) is 0 Å². The summed E-state index contributed by atoms with van der Waals surface area (Å²) in [5, 5.41) is 9.76. The third kappa shape index (κ3) is 3.75. The van der Waals surface area contributed by atoms with Crippen molar-refractivity contribution in [2.45, 2.75) is 19.9 Å². The second kappa shape index (κ2) is 7.35. The first-order valence-corrected chi connectivity index (χ1v) is 5.53. The highest BCUT2D eigenvalue weighted by Gasteiger charge is 2.12. The Hall–Kier alpha value is -1.00. The molecular weight excluding hydrogens is 243 g/mol. The highest BCUT2D eigenvalue weighted by molar-refractivity contribution is 5.85. The molecule has 0 aliphatic carbocycles. The van der Waals surface area contributed by atoms with Gasteiger partial charge >= 0.3 is 0 Å². The van der Waals surface area contributed by atoms with Crippen molar-refractivity contribution in [2.24, 2.45) is 5.73 Å². The molecule has 0 aliphatic heterocycles. The molecule has 0 aromatic heterocycles. The van der Waals surface area contributed by atoms with Crippen LogP contribution in [0.15, 0.2) is 18.2 Å². The number of nitrogens with two attached hydrogens (primary N) is 1. The van der Waals surface area contributed by atoms with Crippen molar-refractivity contribution in [1.82, 2.24) is 0 Å². The number of rotatable bonds is 5. The van der Waals surface area contributed by atoms with E-state index in [4.69, 9.17) is 5.73 Å². The fourth-order valence-electron chi connectivity index (χ4n) is 1.71. The third-order valence-electron chi connectivity index (χ3n) is 2.71. The number of phenols is 1. The van der Waals surface area contributed by atoms with Gasteiger partial charge in [0.15, 0.2) is 0 Å². The Labute approximate surface area is 108 Å². The van der Waals surface area contributed by atoms with Gasteiger partial charge in [0.2, 0.25) is 0 Å². The summed E-state index contributed by atoms with van der Waals surface area (Å²) < 4.78 is 12.4. The lowest BCUT2D eigenvalue weighted by molar-refractivity contribution is 0.414. The number of nitrogens with zero attached hydrogens (tertiary/aromatic N) is 1. The van der Waals surface area contributed by atoms with E-state index >= 15 is 0 Å². The Morgan fingerprint density at radius 2 is 1.94 bits per heavy atom. The van der Waals surface area contributed by atoms with E-state index in [1.807, 2.05) is 19.9 Å². The highest BCUT2D eigenvalue weighted by Crippen LogP contribution is 2.28. The summed E-state index contributed by atoms with van der Waals surface area (Å²) in [6.07, 6.45) is 0.